The summed E-state index contributed by atoms with van der Waals surface area (Å²) in [7, 11) is -3.77. The molecule has 1 amide bonds. The average molecular weight is 568 g/mol. The second-order valence-electron chi connectivity index (χ2n) is 10.2. The minimum atomic E-state index is -3.77. The van der Waals surface area contributed by atoms with Gasteiger partial charge in [0.1, 0.15) is 12.1 Å². The van der Waals surface area contributed by atoms with Gasteiger partial charge >= 0.3 is 0 Å². The van der Waals surface area contributed by atoms with Crippen molar-refractivity contribution in [3.63, 3.8) is 0 Å². The molecular formula is C30H29N7O3S. The fraction of sp³-hybridized carbons (Fsp3) is 0.200. The summed E-state index contributed by atoms with van der Waals surface area (Å²) in [5, 5.41) is 6.95. The van der Waals surface area contributed by atoms with E-state index in [0.717, 1.165) is 24.9 Å². The lowest BCUT2D eigenvalue weighted by Gasteiger charge is -2.25. The number of anilines is 3. The normalized spacial score (nSPS) is 17.3. The summed E-state index contributed by atoms with van der Waals surface area (Å²) >= 11 is 0. The minimum Gasteiger partial charge on any atom is -0.340 e. The van der Waals surface area contributed by atoms with E-state index >= 15 is 0 Å². The Hall–Kier alpha value is -4.61. The number of nitrogens with two attached hydrogens (primary N) is 1. The van der Waals surface area contributed by atoms with Gasteiger partial charge in [0.25, 0.3) is 10.0 Å². The third-order valence-electron chi connectivity index (χ3n) is 7.24. The summed E-state index contributed by atoms with van der Waals surface area (Å²) in [5.41, 5.74) is 9.17. The van der Waals surface area contributed by atoms with Crippen LogP contribution in [0.3, 0.4) is 0 Å². The standard InChI is InChI=1S/C30H29N7O3S/c31-23-7-4-6-21(15-23)30(38)36-25-9-5-8-24(16-25)35-28-17-27(33-19-34-28)22-14-20-12-13-37(29(20)32-18-22)41(39,40)26-10-2-1-3-11-26/h1-3,5,8-14,16-19,21,23H,4,6-7,15,31H2,(H,36,38)(H,33,34,35). The lowest BCUT2D eigenvalue weighted by molar-refractivity contribution is -0.120. The highest BCUT2D eigenvalue weighted by Crippen LogP contribution is 2.28. The maximum Gasteiger partial charge on any atom is 0.269 e. The molecule has 2 unspecified atom stereocenters. The van der Waals surface area contributed by atoms with Gasteiger partial charge in [0, 0.05) is 52.7 Å². The van der Waals surface area contributed by atoms with E-state index in [9.17, 15) is 13.2 Å². The first kappa shape index (κ1) is 26.6. The Morgan fingerprint density at radius 3 is 2.59 bits per heavy atom. The van der Waals surface area contributed by atoms with E-state index in [-0.39, 0.29) is 22.8 Å². The van der Waals surface area contributed by atoms with E-state index in [2.05, 4.69) is 25.6 Å². The maximum absolute atomic E-state index is 13.1. The van der Waals surface area contributed by atoms with Gasteiger partial charge in [-0.05, 0) is 61.7 Å². The minimum absolute atomic E-state index is 0.00471. The number of hydrogen-bond acceptors (Lipinski definition) is 8. The predicted molar refractivity (Wildman–Crippen MR) is 158 cm³/mol. The van der Waals surface area contributed by atoms with E-state index in [1.165, 1.54) is 16.5 Å². The molecule has 1 saturated carbocycles. The second-order valence-corrected chi connectivity index (χ2v) is 12.0. The molecule has 2 aromatic carbocycles. The highest BCUT2D eigenvalue weighted by atomic mass is 32.2. The summed E-state index contributed by atoms with van der Waals surface area (Å²) < 4.78 is 27.4. The van der Waals surface area contributed by atoms with Crippen molar-refractivity contribution in [3.8, 4) is 11.3 Å². The van der Waals surface area contributed by atoms with Crippen molar-refractivity contribution in [1.29, 1.82) is 0 Å². The van der Waals surface area contributed by atoms with Gasteiger partial charge in [-0.1, -0.05) is 30.7 Å². The number of hydrogen-bond donors (Lipinski definition) is 3. The zero-order chi connectivity index (χ0) is 28.4. The summed E-state index contributed by atoms with van der Waals surface area (Å²) in [6.45, 7) is 0. The lowest BCUT2D eigenvalue weighted by Crippen LogP contribution is -2.34. The number of aromatic nitrogens is 4. The van der Waals surface area contributed by atoms with Crippen LogP contribution in [0.5, 0.6) is 0 Å². The first-order valence-corrected chi connectivity index (χ1v) is 14.8. The molecule has 3 aromatic heterocycles. The molecule has 2 atom stereocenters. The van der Waals surface area contributed by atoms with Crippen molar-refractivity contribution in [2.24, 2.45) is 11.7 Å². The van der Waals surface area contributed by atoms with Gasteiger partial charge in [-0.15, -0.1) is 0 Å². The van der Waals surface area contributed by atoms with Crippen molar-refractivity contribution in [1.82, 2.24) is 18.9 Å². The zero-order valence-electron chi connectivity index (χ0n) is 22.1. The van der Waals surface area contributed by atoms with Gasteiger partial charge in [-0.25, -0.2) is 27.3 Å². The Morgan fingerprint density at radius 1 is 0.927 bits per heavy atom. The van der Waals surface area contributed by atoms with Gasteiger partial charge in [-0.2, -0.15) is 0 Å². The number of nitrogens with one attached hydrogen (secondary N) is 2. The van der Waals surface area contributed by atoms with Crippen molar-refractivity contribution in [3.05, 3.63) is 91.5 Å². The van der Waals surface area contributed by atoms with Crippen molar-refractivity contribution < 1.29 is 13.2 Å². The first-order chi connectivity index (χ1) is 19.9. The molecule has 1 fully saturated rings. The number of rotatable bonds is 7. The van der Waals surface area contributed by atoms with E-state index in [4.69, 9.17) is 5.73 Å². The highest BCUT2D eigenvalue weighted by molar-refractivity contribution is 7.90. The van der Waals surface area contributed by atoms with Crippen LogP contribution in [0.1, 0.15) is 25.7 Å². The number of carbonyl (C=O) groups excluding carboxylic acids is 1. The third-order valence-corrected chi connectivity index (χ3v) is 8.92. The lowest BCUT2D eigenvalue weighted by atomic mass is 9.85. The molecule has 1 aliphatic carbocycles. The van der Waals surface area contributed by atoms with E-state index in [1.807, 2.05) is 30.3 Å². The Morgan fingerprint density at radius 2 is 1.76 bits per heavy atom. The molecule has 0 spiro atoms. The highest BCUT2D eigenvalue weighted by Gasteiger charge is 2.25. The zero-order valence-corrected chi connectivity index (χ0v) is 23.0. The molecule has 0 aliphatic heterocycles. The topological polar surface area (TPSA) is 145 Å². The Bertz CT molecular complexity index is 1820. The number of fused-ring (bicyclic) bond motifs is 1. The molecular weight excluding hydrogens is 538 g/mol. The largest absolute Gasteiger partial charge is 0.340 e. The summed E-state index contributed by atoms with van der Waals surface area (Å²) in [4.78, 5) is 26.1. The molecule has 10 nitrogen and oxygen atoms in total. The first-order valence-electron chi connectivity index (χ1n) is 13.4. The SMILES string of the molecule is NC1CCCC(C(=O)Nc2cccc(Nc3cc(-c4cnc5c(ccn5S(=O)(=O)c5ccccc5)c4)ncn3)c2)C1. The average Bonchev–Trinajstić information content (AvgIpc) is 3.42. The Labute approximate surface area is 237 Å². The third kappa shape index (κ3) is 5.67. The second kappa shape index (κ2) is 11.1. The van der Waals surface area contributed by atoms with Crippen molar-refractivity contribution in [2.45, 2.75) is 36.6 Å². The quantitative estimate of drug-likeness (QED) is 0.251. The number of benzene rings is 2. The van der Waals surface area contributed by atoms with Crippen LogP contribution >= 0.6 is 0 Å². The van der Waals surface area contributed by atoms with Crippen molar-refractivity contribution >= 4 is 44.2 Å². The molecule has 0 saturated heterocycles. The van der Waals surface area contributed by atoms with E-state index < -0.39 is 10.0 Å². The van der Waals surface area contributed by atoms with Crippen LogP contribution in [0.25, 0.3) is 22.3 Å². The fourth-order valence-electron chi connectivity index (χ4n) is 5.16. The smallest absolute Gasteiger partial charge is 0.269 e. The van der Waals surface area contributed by atoms with Crippen LogP contribution in [0.4, 0.5) is 17.2 Å². The van der Waals surface area contributed by atoms with Crippen LogP contribution < -0.4 is 16.4 Å². The Kier molecular flexibility index (Phi) is 7.21. The molecule has 208 valence electrons. The van der Waals surface area contributed by atoms with E-state index in [1.54, 1.807) is 48.7 Å². The monoisotopic (exact) mass is 567 g/mol. The fourth-order valence-corrected chi connectivity index (χ4v) is 6.49. The van der Waals surface area contributed by atoms with Crippen LogP contribution in [-0.4, -0.2) is 39.3 Å². The number of carbonyl (C=O) groups is 1. The summed E-state index contributed by atoms with van der Waals surface area (Å²) in [5.74, 6) is 0.483. The number of nitrogens with zero attached hydrogens (tertiary/aromatic N) is 4. The van der Waals surface area contributed by atoms with Gasteiger partial charge < -0.3 is 16.4 Å². The van der Waals surface area contributed by atoms with Crippen LogP contribution in [-0.2, 0) is 14.8 Å². The Balaban J connectivity index is 1.20. The molecule has 3 heterocycles. The summed E-state index contributed by atoms with van der Waals surface area (Å²) in [6, 6.07) is 21.1. The molecule has 1 aliphatic rings. The molecule has 41 heavy (non-hydrogen) atoms. The molecule has 0 radical (unpaired) electrons. The summed E-state index contributed by atoms with van der Waals surface area (Å²) in [6.07, 6.45) is 8.06. The van der Waals surface area contributed by atoms with Crippen LogP contribution in [0.15, 0.2) is 96.4 Å². The van der Waals surface area contributed by atoms with Gasteiger partial charge in [-0.3, -0.25) is 4.79 Å². The van der Waals surface area contributed by atoms with Gasteiger partial charge in [0.05, 0.1) is 10.6 Å². The molecule has 4 N–H and O–H groups in total. The number of amides is 1. The van der Waals surface area contributed by atoms with Crippen LogP contribution in [0, 0.1) is 5.92 Å². The molecule has 6 rings (SSSR count). The molecule has 0 bridgehead atoms. The molecule has 5 aromatic rings. The van der Waals surface area contributed by atoms with Crippen molar-refractivity contribution in [2.75, 3.05) is 10.6 Å². The predicted octanol–water partition coefficient (Wildman–Crippen LogP) is 4.93. The van der Waals surface area contributed by atoms with Gasteiger partial charge in [0.2, 0.25) is 5.91 Å². The molecule has 11 heteroatoms. The van der Waals surface area contributed by atoms with Crippen LogP contribution in [0.2, 0.25) is 0 Å². The van der Waals surface area contributed by atoms with E-state index in [0.29, 0.717) is 40.2 Å². The number of pyridine rings is 1. The maximum atomic E-state index is 13.1. The van der Waals surface area contributed by atoms with Gasteiger partial charge in [0.15, 0.2) is 5.65 Å².